The molecule has 1 aromatic heterocycles. The Labute approximate surface area is 159 Å². The van der Waals surface area contributed by atoms with Gasteiger partial charge in [0.05, 0.1) is 12.1 Å². The highest BCUT2D eigenvalue weighted by Gasteiger charge is 2.27. The number of nitrogens with zero attached hydrogens (tertiary/aromatic N) is 2. The minimum Gasteiger partial charge on any atom is -0.361 e. The smallest absolute Gasteiger partial charge is 0.251 e. The van der Waals surface area contributed by atoms with Gasteiger partial charge in [-0.2, -0.15) is 0 Å². The van der Waals surface area contributed by atoms with E-state index in [2.05, 4.69) is 10.5 Å². The number of amides is 2. The fraction of sp³-hybridized carbons (Fsp3) is 0.476. The Morgan fingerprint density at radius 2 is 2.00 bits per heavy atom. The Morgan fingerprint density at radius 1 is 1.22 bits per heavy atom. The number of carbonyl (C=O) groups excluding carboxylic acids is 2. The monoisotopic (exact) mass is 369 g/mol. The van der Waals surface area contributed by atoms with E-state index in [-0.39, 0.29) is 17.9 Å². The summed E-state index contributed by atoms with van der Waals surface area (Å²) in [7, 11) is 0. The first-order chi connectivity index (χ1) is 13.1. The zero-order valence-corrected chi connectivity index (χ0v) is 16.0. The van der Waals surface area contributed by atoms with Crippen molar-refractivity contribution < 1.29 is 14.1 Å². The van der Waals surface area contributed by atoms with Crippen molar-refractivity contribution in [1.82, 2.24) is 15.4 Å². The molecule has 1 aromatic carbocycles. The Hall–Kier alpha value is -2.63. The van der Waals surface area contributed by atoms with E-state index < -0.39 is 0 Å². The van der Waals surface area contributed by atoms with E-state index in [0.29, 0.717) is 24.3 Å². The lowest BCUT2D eigenvalue weighted by molar-refractivity contribution is -0.134. The minimum atomic E-state index is -0.0694. The summed E-state index contributed by atoms with van der Waals surface area (Å²) < 4.78 is 5.18. The van der Waals surface area contributed by atoms with Crippen molar-refractivity contribution >= 4 is 11.8 Å². The molecule has 2 amide bonds. The van der Waals surface area contributed by atoms with Crippen molar-refractivity contribution in [3.8, 4) is 0 Å². The molecule has 144 valence electrons. The van der Waals surface area contributed by atoms with Crippen molar-refractivity contribution in [1.29, 1.82) is 0 Å². The predicted octanol–water partition coefficient (Wildman–Crippen LogP) is 3.04. The van der Waals surface area contributed by atoms with Gasteiger partial charge < -0.3 is 14.7 Å². The highest BCUT2D eigenvalue weighted by Crippen LogP contribution is 2.22. The maximum Gasteiger partial charge on any atom is 0.251 e. The van der Waals surface area contributed by atoms with Gasteiger partial charge in [-0.1, -0.05) is 23.4 Å². The van der Waals surface area contributed by atoms with E-state index in [1.54, 1.807) is 12.1 Å². The third-order valence-corrected chi connectivity index (χ3v) is 5.26. The van der Waals surface area contributed by atoms with Crippen LogP contribution >= 0.6 is 0 Å². The standard InChI is InChI=1S/C21H27N3O3/c1-15-19(16(2)27-23-15)14-20(25)24-13-7-6-10-18(24)11-12-22-21(26)17-8-4-3-5-9-17/h3-5,8-9,18H,6-7,10-14H2,1-2H3,(H,22,26). The summed E-state index contributed by atoms with van der Waals surface area (Å²) in [4.78, 5) is 27.0. The number of benzene rings is 1. The van der Waals surface area contributed by atoms with E-state index >= 15 is 0 Å². The van der Waals surface area contributed by atoms with Crippen LogP contribution in [0.5, 0.6) is 0 Å². The summed E-state index contributed by atoms with van der Waals surface area (Å²) in [6, 6.07) is 9.37. The van der Waals surface area contributed by atoms with E-state index in [0.717, 1.165) is 43.5 Å². The van der Waals surface area contributed by atoms with Gasteiger partial charge in [0.15, 0.2) is 0 Å². The maximum atomic E-state index is 12.9. The molecule has 0 radical (unpaired) electrons. The van der Waals surface area contributed by atoms with Crippen LogP contribution in [-0.2, 0) is 11.2 Å². The molecule has 0 bridgehead atoms. The van der Waals surface area contributed by atoms with Gasteiger partial charge in [0.25, 0.3) is 5.91 Å². The molecule has 0 saturated carbocycles. The van der Waals surface area contributed by atoms with Crippen molar-refractivity contribution in [2.75, 3.05) is 13.1 Å². The lowest BCUT2D eigenvalue weighted by atomic mass is 9.98. The fourth-order valence-electron chi connectivity index (χ4n) is 3.68. The van der Waals surface area contributed by atoms with Crippen LogP contribution in [0.15, 0.2) is 34.9 Å². The molecule has 2 aromatic rings. The van der Waals surface area contributed by atoms with Crippen molar-refractivity contribution in [2.24, 2.45) is 0 Å². The largest absolute Gasteiger partial charge is 0.361 e. The van der Waals surface area contributed by atoms with E-state index in [9.17, 15) is 9.59 Å². The number of rotatable bonds is 6. The Kier molecular flexibility index (Phi) is 6.27. The first-order valence-corrected chi connectivity index (χ1v) is 9.60. The van der Waals surface area contributed by atoms with Gasteiger partial charge in [-0.3, -0.25) is 9.59 Å². The number of aryl methyl sites for hydroxylation is 2. The van der Waals surface area contributed by atoms with Crippen LogP contribution in [0, 0.1) is 13.8 Å². The second kappa shape index (κ2) is 8.84. The molecule has 3 rings (SSSR count). The molecule has 1 atom stereocenters. The second-order valence-electron chi connectivity index (χ2n) is 7.13. The summed E-state index contributed by atoms with van der Waals surface area (Å²) in [5, 5.41) is 6.91. The molecule has 0 spiro atoms. The molecule has 2 heterocycles. The van der Waals surface area contributed by atoms with Gasteiger partial charge in [-0.05, 0) is 51.7 Å². The first kappa shape index (κ1) is 19.1. The quantitative estimate of drug-likeness (QED) is 0.849. The number of hydrogen-bond donors (Lipinski definition) is 1. The summed E-state index contributed by atoms with van der Waals surface area (Å²) >= 11 is 0. The van der Waals surface area contributed by atoms with E-state index in [1.165, 1.54) is 0 Å². The second-order valence-corrected chi connectivity index (χ2v) is 7.13. The van der Waals surface area contributed by atoms with Gasteiger partial charge in [0.1, 0.15) is 5.76 Å². The molecule has 1 N–H and O–H groups in total. The highest BCUT2D eigenvalue weighted by molar-refractivity contribution is 5.94. The Morgan fingerprint density at radius 3 is 2.70 bits per heavy atom. The van der Waals surface area contributed by atoms with Crippen LogP contribution in [-0.4, -0.2) is 41.0 Å². The van der Waals surface area contributed by atoms with Crippen LogP contribution in [0.2, 0.25) is 0 Å². The summed E-state index contributed by atoms with van der Waals surface area (Å²) in [6.07, 6.45) is 4.22. The third-order valence-electron chi connectivity index (χ3n) is 5.26. The Balaban J connectivity index is 1.55. The van der Waals surface area contributed by atoms with E-state index in [1.807, 2.05) is 36.9 Å². The molecule has 27 heavy (non-hydrogen) atoms. The van der Waals surface area contributed by atoms with Crippen molar-refractivity contribution in [2.45, 2.75) is 52.0 Å². The van der Waals surface area contributed by atoms with Gasteiger partial charge in [-0.15, -0.1) is 0 Å². The van der Waals surface area contributed by atoms with Crippen LogP contribution in [0.1, 0.15) is 53.1 Å². The van der Waals surface area contributed by atoms with Gasteiger partial charge in [-0.25, -0.2) is 0 Å². The molecule has 1 aliphatic heterocycles. The van der Waals surface area contributed by atoms with Crippen molar-refractivity contribution in [3.05, 3.63) is 52.9 Å². The normalized spacial score (nSPS) is 17.0. The lowest BCUT2D eigenvalue weighted by Gasteiger charge is -2.36. The van der Waals surface area contributed by atoms with Crippen LogP contribution in [0.3, 0.4) is 0 Å². The van der Waals surface area contributed by atoms with Gasteiger partial charge >= 0.3 is 0 Å². The molecule has 0 aliphatic carbocycles. The van der Waals surface area contributed by atoms with Crippen LogP contribution < -0.4 is 5.32 Å². The molecular weight excluding hydrogens is 342 g/mol. The average Bonchev–Trinajstić information content (AvgIpc) is 3.01. The fourth-order valence-corrected chi connectivity index (χ4v) is 3.68. The zero-order chi connectivity index (χ0) is 19.2. The number of hydrogen-bond acceptors (Lipinski definition) is 4. The molecule has 1 unspecified atom stereocenters. The molecule has 6 heteroatoms. The highest BCUT2D eigenvalue weighted by atomic mass is 16.5. The predicted molar refractivity (Wildman–Crippen MR) is 102 cm³/mol. The summed E-state index contributed by atoms with van der Waals surface area (Å²) in [6.45, 7) is 5.05. The molecule has 1 fully saturated rings. The summed E-state index contributed by atoms with van der Waals surface area (Å²) in [5.74, 6) is 0.757. The topological polar surface area (TPSA) is 75.4 Å². The number of nitrogens with one attached hydrogen (secondary N) is 1. The number of aromatic nitrogens is 1. The number of piperidine rings is 1. The molecular formula is C21H27N3O3. The van der Waals surface area contributed by atoms with Crippen LogP contribution in [0.4, 0.5) is 0 Å². The zero-order valence-electron chi connectivity index (χ0n) is 16.0. The minimum absolute atomic E-state index is 0.0694. The maximum absolute atomic E-state index is 12.9. The molecule has 1 aliphatic rings. The SMILES string of the molecule is Cc1noc(C)c1CC(=O)N1CCCCC1CCNC(=O)c1ccccc1. The Bertz CT molecular complexity index is 766. The van der Waals surface area contributed by atoms with Crippen LogP contribution in [0.25, 0.3) is 0 Å². The molecule has 1 saturated heterocycles. The van der Waals surface area contributed by atoms with E-state index in [4.69, 9.17) is 4.52 Å². The number of likely N-dealkylation sites (tertiary alicyclic amines) is 1. The van der Waals surface area contributed by atoms with Gasteiger partial charge in [0.2, 0.25) is 5.91 Å². The molecule has 6 nitrogen and oxygen atoms in total. The number of carbonyl (C=O) groups is 2. The lowest BCUT2D eigenvalue weighted by Crippen LogP contribution is -2.46. The average molecular weight is 369 g/mol. The summed E-state index contributed by atoms with van der Waals surface area (Å²) in [5.41, 5.74) is 2.33. The first-order valence-electron chi connectivity index (χ1n) is 9.60. The third kappa shape index (κ3) is 4.76. The van der Waals surface area contributed by atoms with Gasteiger partial charge in [0, 0.05) is 30.3 Å². The van der Waals surface area contributed by atoms with Crippen molar-refractivity contribution in [3.63, 3.8) is 0 Å².